The van der Waals surface area contributed by atoms with Crippen molar-refractivity contribution in [2.75, 3.05) is 0 Å². The van der Waals surface area contributed by atoms with Gasteiger partial charge < -0.3 is 15.7 Å². The number of nitrogens with one attached hydrogen (secondary N) is 2. The Labute approximate surface area is 178 Å². The zero-order valence-corrected chi connectivity index (χ0v) is 17.8. The highest BCUT2D eigenvalue weighted by molar-refractivity contribution is 9.10. The Bertz CT molecular complexity index is 893. The van der Waals surface area contributed by atoms with Crippen LogP contribution in [0.1, 0.15) is 36.2 Å². The maximum atomic E-state index is 12.8. The molecule has 0 aliphatic rings. The van der Waals surface area contributed by atoms with Gasteiger partial charge in [0.2, 0.25) is 0 Å². The Balaban J connectivity index is 2.28. The zero-order chi connectivity index (χ0) is 21.4. The molecule has 0 aliphatic carbocycles. The number of hydrogen-bond donors (Lipinski definition) is 3. The minimum Gasteiger partial charge on any atom is -0.480 e. The second-order valence-electron chi connectivity index (χ2n) is 6.92. The number of carboxylic acid groups (broad SMARTS) is 1. The molecule has 0 fully saturated rings. The van der Waals surface area contributed by atoms with Gasteiger partial charge in [-0.2, -0.15) is 0 Å². The minimum absolute atomic E-state index is 0.0286. The number of carbonyl (C=O) groups excluding carboxylic acids is 2. The molecule has 2 rings (SSSR count). The lowest BCUT2D eigenvalue weighted by Crippen LogP contribution is -2.45. The third-order valence-corrected chi connectivity index (χ3v) is 4.55. The zero-order valence-electron chi connectivity index (χ0n) is 16.2. The fourth-order valence-electron chi connectivity index (χ4n) is 2.60. The van der Waals surface area contributed by atoms with Crippen molar-refractivity contribution in [1.82, 2.24) is 10.6 Å². The van der Waals surface area contributed by atoms with Gasteiger partial charge in [-0.3, -0.25) is 9.59 Å². The Morgan fingerprint density at radius 2 is 1.66 bits per heavy atom. The second-order valence-corrected chi connectivity index (χ2v) is 7.84. The molecule has 7 heteroatoms. The molecule has 0 spiro atoms. The molecule has 0 aliphatic heterocycles. The molecule has 0 bridgehead atoms. The van der Waals surface area contributed by atoms with Crippen LogP contribution in [-0.2, 0) is 9.59 Å². The van der Waals surface area contributed by atoms with Crippen molar-refractivity contribution in [3.63, 3.8) is 0 Å². The number of hydrogen-bond acceptors (Lipinski definition) is 3. The van der Waals surface area contributed by atoms with Gasteiger partial charge in [-0.15, -0.1) is 0 Å². The van der Waals surface area contributed by atoms with Crippen molar-refractivity contribution in [3.8, 4) is 0 Å². The third-order valence-electron chi connectivity index (χ3n) is 4.02. The van der Waals surface area contributed by atoms with Crippen molar-refractivity contribution in [2.45, 2.75) is 26.3 Å². The van der Waals surface area contributed by atoms with Crippen LogP contribution in [0.2, 0.25) is 0 Å². The van der Waals surface area contributed by atoms with E-state index in [1.807, 2.05) is 19.9 Å². The molecule has 1 unspecified atom stereocenters. The molecule has 29 heavy (non-hydrogen) atoms. The van der Waals surface area contributed by atoms with Crippen LogP contribution >= 0.6 is 15.9 Å². The number of carboxylic acids is 1. The fraction of sp³-hybridized carbons (Fsp3) is 0.227. The Kier molecular flexibility index (Phi) is 8.15. The van der Waals surface area contributed by atoms with Crippen LogP contribution < -0.4 is 10.6 Å². The summed E-state index contributed by atoms with van der Waals surface area (Å²) in [5.41, 5.74) is 1.04. The molecule has 0 heterocycles. The summed E-state index contributed by atoms with van der Waals surface area (Å²) in [6.07, 6.45) is 1.79. The molecule has 0 saturated heterocycles. The highest BCUT2D eigenvalue weighted by atomic mass is 79.9. The van der Waals surface area contributed by atoms with Crippen molar-refractivity contribution in [1.29, 1.82) is 0 Å². The lowest BCUT2D eigenvalue weighted by molar-refractivity contribution is -0.141. The van der Waals surface area contributed by atoms with Crippen LogP contribution in [0.4, 0.5) is 0 Å². The largest absolute Gasteiger partial charge is 0.480 e. The quantitative estimate of drug-likeness (QED) is 0.523. The van der Waals surface area contributed by atoms with E-state index >= 15 is 0 Å². The van der Waals surface area contributed by atoms with E-state index in [4.69, 9.17) is 0 Å². The first-order valence-corrected chi connectivity index (χ1v) is 9.93. The summed E-state index contributed by atoms with van der Waals surface area (Å²) in [5, 5.41) is 14.5. The smallest absolute Gasteiger partial charge is 0.326 e. The molecule has 6 nitrogen and oxygen atoms in total. The second kappa shape index (κ2) is 10.6. The van der Waals surface area contributed by atoms with Crippen molar-refractivity contribution < 1.29 is 19.5 Å². The normalized spacial score (nSPS) is 12.3. The highest BCUT2D eigenvalue weighted by Crippen LogP contribution is 2.12. The number of aliphatic carboxylic acids is 1. The number of halogens is 1. The first-order chi connectivity index (χ1) is 13.8. The topological polar surface area (TPSA) is 95.5 Å². The Morgan fingerprint density at radius 1 is 1.03 bits per heavy atom. The lowest BCUT2D eigenvalue weighted by atomic mass is 10.0. The van der Waals surface area contributed by atoms with Crippen molar-refractivity contribution >= 4 is 39.8 Å². The molecule has 1 atom stereocenters. The first kappa shape index (κ1) is 22.4. The van der Waals surface area contributed by atoms with E-state index in [2.05, 4.69) is 26.6 Å². The predicted octanol–water partition coefficient (Wildman–Crippen LogP) is 3.84. The standard InChI is InChI=1S/C22H23BrN2O4/c1-14(2)12-19(22(28)29)25-21(27)18(13-15-6-4-3-5-7-15)24-20(26)16-8-10-17(23)11-9-16/h3-11,13-14,19H,12H2,1-2H3,(H,24,26)(H,25,27)(H,28,29)/b18-13-. The van der Waals surface area contributed by atoms with Gasteiger partial charge in [-0.1, -0.05) is 60.1 Å². The monoisotopic (exact) mass is 458 g/mol. The molecule has 0 saturated carbocycles. The molecule has 3 N–H and O–H groups in total. The van der Waals surface area contributed by atoms with Crippen LogP contribution in [-0.4, -0.2) is 28.9 Å². The van der Waals surface area contributed by atoms with E-state index in [9.17, 15) is 19.5 Å². The maximum absolute atomic E-state index is 12.8. The summed E-state index contributed by atoms with van der Waals surface area (Å²) in [5.74, 6) is -2.17. The molecular formula is C22H23BrN2O4. The minimum atomic E-state index is -1.12. The third kappa shape index (κ3) is 7.19. The molecule has 2 aromatic rings. The van der Waals surface area contributed by atoms with Crippen LogP contribution in [0.5, 0.6) is 0 Å². The van der Waals surface area contributed by atoms with Crippen LogP contribution in [0.3, 0.4) is 0 Å². The maximum Gasteiger partial charge on any atom is 0.326 e. The van der Waals surface area contributed by atoms with Crippen LogP contribution in [0.25, 0.3) is 6.08 Å². The summed E-state index contributed by atoms with van der Waals surface area (Å²) >= 11 is 3.31. The SMILES string of the molecule is CC(C)CC(NC(=O)/C(=C/c1ccccc1)NC(=O)c1ccc(Br)cc1)C(=O)O. The van der Waals surface area contributed by atoms with E-state index in [1.165, 1.54) is 6.08 Å². The Morgan fingerprint density at radius 3 is 2.21 bits per heavy atom. The van der Waals surface area contributed by atoms with Crippen molar-refractivity contribution in [2.24, 2.45) is 5.92 Å². The van der Waals surface area contributed by atoms with E-state index in [1.54, 1.807) is 48.5 Å². The van der Waals surface area contributed by atoms with Crippen molar-refractivity contribution in [3.05, 3.63) is 75.9 Å². The van der Waals surface area contributed by atoms with Crippen LogP contribution in [0, 0.1) is 5.92 Å². The molecule has 2 amide bonds. The average molecular weight is 459 g/mol. The fourth-order valence-corrected chi connectivity index (χ4v) is 2.86. The lowest BCUT2D eigenvalue weighted by Gasteiger charge is -2.18. The van der Waals surface area contributed by atoms with Gasteiger partial charge in [-0.05, 0) is 48.2 Å². The number of rotatable bonds is 8. The Hall–Kier alpha value is -2.93. The van der Waals surface area contributed by atoms with Gasteiger partial charge in [0.25, 0.3) is 11.8 Å². The first-order valence-electron chi connectivity index (χ1n) is 9.13. The average Bonchev–Trinajstić information content (AvgIpc) is 2.67. The molecular weight excluding hydrogens is 436 g/mol. The van der Waals surface area contributed by atoms with Crippen LogP contribution in [0.15, 0.2) is 64.8 Å². The van der Waals surface area contributed by atoms with Gasteiger partial charge >= 0.3 is 5.97 Å². The van der Waals surface area contributed by atoms with E-state index < -0.39 is 23.8 Å². The van der Waals surface area contributed by atoms with E-state index in [0.717, 1.165) is 4.47 Å². The van der Waals surface area contributed by atoms with Gasteiger partial charge in [0, 0.05) is 10.0 Å². The summed E-state index contributed by atoms with van der Waals surface area (Å²) in [7, 11) is 0. The molecule has 152 valence electrons. The number of benzene rings is 2. The number of amides is 2. The summed E-state index contributed by atoms with van der Waals surface area (Å²) in [6, 6.07) is 14.6. The summed E-state index contributed by atoms with van der Waals surface area (Å²) in [4.78, 5) is 36.9. The predicted molar refractivity (Wildman–Crippen MR) is 115 cm³/mol. The van der Waals surface area contributed by atoms with Gasteiger partial charge in [0.15, 0.2) is 0 Å². The van der Waals surface area contributed by atoms with Gasteiger partial charge in [-0.25, -0.2) is 4.79 Å². The van der Waals surface area contributed by atoms with Gasteiger partial charge in [0.1, 0.15) is 11.7 Å². The molecule has 0 radical (unpaired) electrons. The summed E-state index contributed by atoms with van der Waals surface area (Å²) < 4.78 is 0.824. The van der Waals surface area contributed by atoms with E-state index in [0.29, 0.717) is 11.1 Å². The highest BCUT2D eigenvalue weighted by Gasteiger charge is 2.24. The summed E-state index contributed by atoms with van der Waals surface area (Å²) in [6.45, 7) is 3.75. The van der Waals surface area contributed by atoms with E-state index in [-0.39, 0.29) is 18.0 Å². The molecule has 0 aromatic heterocycles. The molecule has 2 aromatic carbocycles. The number of carbonyl (C=O) groups is 3. The van der Waals surface area contributed by atoms with Gasteiger partial charge in [0.05, 0.1) is 0 Å².